The lowest BCUT2D eigenvalue weighted by atomic mass is 9.87. The summed E-state index contributed by atoms with van der Waals surface area (Å²) in [6.07, 6.45) is -3.04. The number of hydrogen-bond acceptors (Lipinski definition) is 5. The fraction of sp³-hybridized carbons (Fsp3) is 0.480. The van der Waals surface area contributed by atoms with Gasteiger partial charge in [-0.1, -0.05) is 42.8 Å². The maximum atomic E-state index is 13.0. The molecule has 2 aromatic carbocycles. The number of hydrogen-bond donors (Lipinski definition) is 3. The summed E-state index contributed by atoms with van der Waals surface area (Å²) in [6, 6.07) is 7.79. The van der Waals surface area contributed by atoms with Crippen molar-refractivity contribution in [2.45, 2.75) is 80.5 Å². The number of aliphatic hydroxyl groups is 1. The molecule has 0 fully saturated rings. The number of aromatic hydroxyl groups is 1. The fourth-order valence-electron chi connectivity index (χ4n) is 3.51. The molecule has 0 aliphatic carbocycles. The van der Waals surface area contributed by atoms with E-state index < -0.39 is 29.0 Å². The quantitative estimate of drug-likeness (QED) is 0.317. The molecule has 194 valence electrons. The molecule has 0 saturated heterocycles. The molecule has 0 aliphatic heterocycles. The number of phenolic OH excluding ortho intramolecular Hbond substituents is 1. The third-order valence-electron chi connectivity index (χ3n) is 5.21. The largest absolute Gasteiger partial charge is 0.507 e. The highest BCUT2D eigenvalue weighted by Crippen LogP contribution is 2.40. The number of alkyl halides is 3. The first kappa shape index (κ1) is 29.1. The van der Waals surface area contributed by atoms with Gasteiger partial charge >= 0.3 is 12.3 Å². The number of amides is 1. The van der Waals surface area contributed by atoms with Gasteiger partial charge in [-0.15, -0.1) is 0 Å². The van der Waals surface area contributed by atoms with Crippen LogP contribution in [0.1, 0.15) is 58.1 Å². The van der Waals surface area contributed by atoms with E-state index in [2.05, 4.69) is 5.32 Å². The lowest BCUT2D eigenvalue weighted by Gasteiger charge is -2.34. The molecule has 0 saturated carbocycles. The van der Waals surface area contributed by atoms with Gasteiger partial charge in [-0.25, -0.2) is 4.79 Å². The summed E-state index contributed by atoms with van der Waals surface area (Å²) in [5.74, 6) is -0.260. The number of carbonyl (C=O) groups excluding carboxylic acids is 1. The van der Waals surface area contributed by atoms with Crippen LogP contribution in [0.3, 0.4) is 0 Å². The molecule has 1 amide bonds. The molecule has 0 aliphatic rings. The van der Waals surface area contributed by atoms with E-state index in [1.54, 1.807) is 39.0 Å². The third-order valence-corrected chi connectivity index (χ3v) is 6.60. The van der Waals surface area contributed by atoms with Gasteiger partial charge in [-0.05, 0) is 75.9 Å². The highest BCUT2D eigenvalue weighted by molar-refractivity contribution is 7.99. The molecule has 5 nitrogen and oxygen atoms in total. The molecule has 3 N–H and O–H groups in total. The Balaban J connectivity index is 2.16. The summed E-state index contributed by atoms with van der Waals surface area (Å²) in [7, 11) is 0. The van der Waals surface area contributed by atoms with E-state index in [-0.39, 0.29) is 17.3 Å². The lowest BCUT2D eigenvalue weighted by molar-refractivity contribution is -0.137. The SMILES string of the molecule is CCC[C@@](CO)(CCc1ccc(Sc2cc(C(F)(F)F)ccc2O)cc1Cl)NC(=O)OC(C)(C)C. The van der Waals surface area contributed by atoms with Gasteiger partial charge in [0.2, 0.25) is 0 Å². The Bertz CT molecular complexity index is 1030. The molecule has 0 heterocycles. The summed E-state index contributed by atoms with van der Waals surface area (Å²) in [4.78, 5) is 13.0. The number of phenols is 1. The van der Waals surface area contributed by atoms with Crippen molar-refractivity contribution in [2.75, 3.05) is 6.61 Å². The number of nitrogens with one attached hydrogen (secondary N) is 1. The Kier molecular flexibility index (Phi) is 9.79. The van der Waals surface area contributed by atoms with Crippen molar-refractivity contribution in [3.63, 3.8) is 0 Å². The summed E-state index contributed by atoms with van der Waals surface area (Å²) in [5, 5.41) is 23.3. The van der Waals surface area contributed by atoms with Crippen LogP contribution in [0.2, 0.25) is 5.02 Å². The molecular weight excluding hydrogens is 503 g/mol. The number of benzene rings is 2. The third kappa shape index (κ3) is 8.81. The summed E-state index contributed by atoms with van der Waals surface area (Å²) in [5.41, 5.74) is -1.67. The average Bonchev–Trinajstić information content (AvgIpc) is 2.72. The minimum atomic E-state index is -4.52. The van der Waals surface area contributed by atoms with E-state index in [4.69, 9.17) is 16.3 Å². The van der Waals surface area contributed by atoms with Gasteiger partial charge in [-0.2, -0.15) is 13.2 Å². The Hall–Kier alpha value is -2.10. The summed E-state index contributed by atoms with van der Waals surface area (Å²) < 4.78 is 44.4. The Labute approximate surface area is 213 Å². The number of aryl methyl sites for hydroxylation is 1. The van der Waals surface area contributed by atoms with Crippen LogP contribution in [0.15, 0.2) is 46.2 Å². The fourth-order valence-corrected chi connectivity index (χ4v) is 4.78. The average molecular weight is 534 g/mol. The van der Waals surface area contributed by atoms with Gasteiger partial charge in [-0.3, -0.25) is 0 Å². The highest BCUT2D eigenvalue weighted by Gasteiger charge is 2.33. The number of halogens is 4. The monoisotopic (exact) mass is 533 g/mol. The molecule has 35 heavy (non-hydrogen) atoms. The van der Waals surface area contributed by atoms with E-state index in [1.165, 1.54) is 0 Å². The Morgan fingerprint density at radius 2 is 1.80 bits per heavy atom. The van der Waals surface area contributed by atoms with Gasteiger partial charge in [0.15, 0.2) is 0 Å². The zero-order chi connectivity index (χ0) is 26.4. The molecule has 0 unspecified atom stereocenters. The van der Waals surface area contributed by atoms with E-state index in [0.29, 0.717) is 29.2 Å². The molecule has 0 radical (unpaired) electrons. The second-order valence-electron chi connectivity index (χ2n) is 9.35. The number of alkyl carbamates (subject to hydrolysis) is 1. The van der Waals surface area contributed by atoms with Gasteiger partial charge in [0.1, 0.15) is 11.4 Å². The van der Waals surface area contributed by atoms with Crippen molar-refractivity contribution in [3.05, 3.63) is 52.5 Å². The predicted molar refractivity (Wildman–Crippen MR) is 131 cm³/mol. The first-order valence-electron chi connectivity index (χ1n) is 11.2. The van der Waals surface area contributed by atoms with Crippen LogP contribution in [-0.4, -0.2) is 34.1 Å². The van der Waals surface area contributed by atoms with Crippen molar-refractivity contribution in [2.24, 2.45) is 0 Å². The molecule has 0 bridgehead atoms. The van der Waals surface area contributed by atoms with Gasteiger partial charge < -0.3 is 20.3 Å². The number of ether oxygens (including phenoxy) is 1. The first-order valence-corrected chi connectivity index (χ1v) is 12.4. The minimum absolute atomic E-state index is 0.0624. The normalized spacial score (nSPS) is 13.9. The zero-order valence-electron chi connectivity index (χ0n) is 20.1. The van der Waals surface area contributed by atoms with Gasteiger partial charge in [0.05, 0.1) is 22.6 Å². The Morgan fingerprint density at radius 3 is 2.34 bits per heavy atom. The van der Waals surface area contributed by atoms with Crippen LogP contribution < -0.4 is 5.32 Å². The number of carbonyl (C=O) groups is 1. The maximum absolute atomic E-state index is 13.0. The molecule has 0 spiro atoms. The second-order valence-corrected chi connectivity index (χ2v) is 10.9. The van der Waals surface area contributed by atoms with E-state index >= 15 is 0 Å². The molecule has 2 rings (SSSR count). The van der Waals surface area contributed by atoms with Crippen LogP contribution in [0.5, 0.6) is 5.75 Å². The van der Waals surface area contributed by atoms with E-state index in [1.807, 2.05) is 6.92 Å². The molecule has 0 aromatic heterocycles. The smallest absolute Gasteiger partial charge is 0.416 e. The van der Waals surface area contributed by atoms with Crippen molar-refractivity contribution in [1.82, 2.24) is 5.32 Å². The van der Waals surface area contributed by atoms with Crippen LogP contribution >= 0.6 is 23.4 Å². The van der Waals surface area contributed by atoms with Crippen molar-refractivity contribution >= 4 is 29.5 Å². The molecule has 1 atom stereocenters. The molecular formula is C25H31ClF3NO4S. The van der Waals surface area contributed by atoms with Crippen LogP contribution in [0, 0.1) is 0 Å². The summed E-state index contributed by atoms with van der Waals surface area (Å²) in [6.45, 7) is 6.94. The first-order chi connectivity index (χ1) is 16.2. The topological polar surface area (TPSA) is 78.8 Å². The lowest BCUT2D eigenvalue weighted by Crippen LogP contribution is -2.53. The van der Waals surface area contributed by atoms with Crippen LogP contribution in [-0.2, 0) is 17.3 Å². The molecule has 2 aromatic rings. The van der Waals surface area contributed by atoms with Gasteiger partial charge in [0.25, 0.3) is 0 Å². The van der Waals surface area contributed by atoms with Crippen molar-refractivity contribution in [3.8, 4) is 5.75 Å². The van der Waals surface area contributed by atoms with E-state index in [9.17, 15) is 28.2 Å². The van der Waals surface area contributed by atoms with Crippen molar-refractivity contribution in [1.29, 1.82) is 0 Å². The second kappa shape index (κ2) is 11.8. The van der Waals surface area contributed by atoms with Crippen LogP contribution in [0.25, 0.3) is 0 Å². The van der Waals surface area contributed by atoms with Crippen molar-refractivity contribution < 1.29 is 32.9 Å². The maximum Gasteiger partial charge on any atom is 0.416 e. The van der Waals surface area contributed by atoms with E-state index in [0.717, 1.165) is 41.9 Å². The zero-order valence-corrected chi connectivity index (χ0v) is 21.7. The highest BCUT2D eigenvalue weighted by atomic mass is 35.5. The van der Waals surface area contributed by atoms with Crippen LogP contribution in [0.4, 0.5) is 18.0 Å². The summed E-state index contributed by atoms with van der Waals surface area (Å²) >= 11 is 7.42. The minimum Gasteiger partial charge on any atom is -0.507 e. The predicted octanol–water partition coefficient (Wildman–Crippen LogP) is 7.20. The Morgan fingerprint density at radius 1 is 1.11 bits per heavy atom. The number of aliphatic hydroxyl groups excluding tert-OH is 1. The number of rotatable bonds is 9. The van der Waals surface area contributed by atoms with Gasteiger partial charge in [0, 0.05) is 9.92 Å². The molecule has 10 heteroatoms. The standard InChI is InChI=1S/C25H31ClF3NO4S/c1-5-11-24(15-31,30-22(33)34-23(2,3)4)12-10-16-6-8-18(14-19(16)26)35-21-13-17(25(27,28)29)7-9-20(21)32/h6-9,13-14,31-32H,5,10-12,15H2,1-4H3,(H,30,33)/t24-/m0/s1.